The summed E-state index contributed by atoms with van der Waals surface area (Å²) in [5, 5.41) is 5.88. The van der Waals surface area contributed by atoms with E-state index in [-0.39, 0.29) is 12.1 Å². The molecule has 1 aliphatic carbocycles. The van der Waals surface area contributed by atoms with Crippen molar-refractivity contribution in [3.63, 3.8) is 0 Å². The third-order valence-electron chi connectivity index (χ3n) is 3.91. The molecule has 0 aromatic heterocycles. The SMILES string of the molecule is CSc1cccc(NC(=O)NC2CCC3(C2)OCCO3)c1. The summed E-state index contributed by atoms with van der Waals surface area (Å²) in [5.74, 6) is -0.448. The summed E-state index contributed by atoms with van der Waals surface area (Å²) in [6.45, 7) is 1.31. The zero-order valence-electron chi connectivity index (χ0n) is 12.1. The van der Waals surface area contributed by atoms with Crippen LogP contribution in [0.5, 0.6) is 0 Å². The Morgan fingerprint density at radius 2 is 2.19 bits per heavy atom. The number of urea groups is 1. The molecule has 2 amide bonds. The number of rotatable bonds is 3. The van der Waals surface area contributed by atoms with Crippen molar-refractivity contribution in [1.82, 2.24) is 5.32 Å². The number of thioether (sulfide) groups is 1. The summed E-state index contributed by atoms with van der Waals surface area (Å²) in [6, 6.07) is 7.73. The van der Waals surface area contributed by atoms with Gasteiger partial charge in [-0.15, -0.1) is 11.8 Å². The molecule has 1 aromatic carbocycles. The molecule has 5 nitrogen and oxygen atoms in total. The summed E-state index contributed by atoms with van der Waals surface area (Å²) in [6.07, 6.45) is 4.47. The number of ether oxygens (including phenoxy) is 2. The molecule has 0 radical (unpaired) electrons. The number of nitrogens with one attached hydrogen (secondary N) is 2. The number of amides is 2. The summed E-state index contributed by atoms with van der Waals surface area (Å²) >= 11 is 1.65. The highest BCUT2D eigenvalue weighted by molar-refractivity contribution is 7.98. The van der Waals surface area contributed by atoms with E-state index < -0.39 is 5.79 Å². The zero-order chi connectivity index (χ0) is 14.7. The van der Waals surface area contributed by atoms with Gasteiger partial charge in [0, 0.05) is 29.5 Å². The van der Waals surface area contributed by atoms with Gasteiger partial charge in [0.05, 0.1) is 13.2 Å². The molecule has 2 fully saturated rings. The second-order valence-corrected chi connectivity index (χ2v) is 6.26. The van der Waals surface area contributed by atoms with Crippen LogP contribution in [-0.2, 0) is 9.47 Å². The molecule has 1 atom stereocenters. The standard InChI is InChI=1S/C15H20N2O3S/c1-21-13-4-2-3-11(9-13)16-14(18)17-12-5-6-15(10-12)19-7-8-20-15/h2-4,9,12H,5-8,10H2,1H3,(H2,16,17,18). The topological polar surface area (TPSA) is 59.6 Å². The molecule has 1 heterocycles. The highest BCUT2D eigenvalue weighted by Gasteiger charge is 2.44. The molecule has 3 rings (SSSR count). The predicted octanol–water partition coefficient (Wildman–Crippen LogP) is 2.83. The van der Waals surface area contributed by atoms with Crippen molar-refractivity contribution in [3.05, 3.63) is 24.3 Å². The number of hydrogen-bond acceptors (Lipinski definition) is 4. The highest BCUT2D eigenvalue weighted by Crippen LogP contribution is 2.37. The van der Waals surface area contributed by atoms with Crippen LogP contribution < -0.4 is 10.6 Å². The molecule has 1 unspecified atom stereocenters. The van der Waals surface area contributed by atoms with E-state index in [1.807, 2.05) is 30.5 Å². The van der Waals surface area contributed by atoms with Gasteiger partial charge in [0.2, 0.25) is 0 Å². The van der Waals surface area contributed by atoms with Gasteiger partial charge in [-0.2, -0.15) is 0 Å². The van der Waals surface area contributed by atoms with Crippen LogP contribution in [0.2, 0.25) is 0 Å². The molecule has 114 valence electrons. The molecule has 21 heavy (non-hydrogen) atoms. The molecule has 1 spiro atoms. The zero-order valence-corrected chi connectivity index (χ0v) is 12.9. The fourth-order valence-corrected chi connectivity index (χ4v) is 3.37. The van der Waals surface area contributed by atoms with E-state index in [0.29, 0.717) is 13.2 Å². The number of carbonyl (C=O) groups excluding carboxylic acids is 1. The maximum atomic E-state index is 12.1. The van der Waals surface area contributed by atoms with Crippen LogP contribution in [0.25, 0.3) is 0 Å². The van der Waals surface area contributed by atoms with Gasteiger partial charge in [-0.25, -0.2) is 4.79 Å². The van der Waals surface area contributed by atoms with Crippen LogP contribution in [0.15, 0.2) is 29.2 Å². The minimum Gasteiger partial charge on any atom is -0.347 e. The van der Waals surface area contributed by atoms with Crippen molar-refractivity contribution < 1.29 is 14.3 Å². The van der Waals surface area contributed by atoms with Gasteiger partial charge >= 0.3 is 6.03 Å². The molecule has 1 aromatic rings. The quantitative estimate of drug-likeness (QED) is 0.843. The number of anilines is 1. The van der Waals surface area contributed by atoms with Gasteiger partial charge in [0.25, 0.3) is 0 Å². The predicted molar refractivity (Wildman–Crippen MR) is 82.7 cm³/mol. The first-order valence-corrected chi connectivity index (χ1v) is 8.41. The summed E-state index contributed by atoms with van der Waals surface area (Å²) in [7, 11) is 0. The summed E-state index contributed by atoms with van der Waals surface area (Å²) < 4.78 is 11.3. The lowest BCUT2D eigenvalue weighted by molar-refractivity contribution is -0.151. The van der Waals surface area contributed by atoms with E-state index in [1.165, 1.54) is 0 Å². The number of hydrogen-bond donors (Lipinski definition) is 2. The molecular formula is C15H20N2O3S. The molecular weight excluding hydrogens is 288 g/mol. The lowest BCUT2D eigenvalue weighted by Gasteiger charge is -2.21. The van der Waals surface area contributed by atoms with Gasteiger partial charge in [0.1, 0.15) is 0 Å². The Morgan fingerprint density at radius 3 is 2.95 bits per heavy atom. The van der Waals surface area contributed by atoms with Crippen LogP contribution in [-0.4, -0.2) is 37.3 Å². The second-order valence-electron chi connectivity index (χ2n) is 5.38. The summed E-state index contributed by atoms with van der Waals surface area (Å²) in [5.41, 5.74) is 0.806. The number of benzene rings is 1. The minimum absolute atomic E-state index is 0.104. The third-order valence-corrected chi connectivity index (χ3v) is 4.63. The highest BCUT2D eigenvalue weighted by atomic mass is 32.2. The van der Waals surface area contributed by atoms with Crippen LogP contribution >= 0.6 is 11.8 Å². The molecule has 2 aliphatic rings. The first kappa shape index (κ1) is 14.7. The molecule has 0 bridgehead atoms. The average molecular weight is 308 g/mol. The maximum absolute atomic E-state index is 12.1. The lowest BCUT2D eigenvalue weighted by Crippen LogP contribution is -2.38. The van der Waals surface area contributed by atoms with Crippen LogP contribution in [0, 0.1) is 0 Å². The Bertz CT molecular complexity index is 517. The van der Waals surface area contributed by atoms with Crippen molar-refractivity contribution >= 4 is 23.5 Å². The third kappa shape index (κ3) is 3.51. The first-order chi connectivity index (χ1) is 10.2. The van der Waals surface area contributed by atoms with Gasteiger partial charge < -0.3 is 20.1 Å². The van der Waals surface area contributed by atoms with Crippen molar-refractivity contribution in [2.75, 3.05) is 24.8 Å². The Morgan fingerprint density at radius 1 is 1.38 bits per heavy atom. The number of carbonyl (C=O) groups is 1. The van der Waals surface area contributed by atoms with E-state index in [0.717, 1.165) is 29.8 Å². The van der Waals surface area contributed by atoms with Gasteiger partial charge in [0.15, 0.2) is 5.79 Å². The molecule has 2 N–H and O–H groups in total. The minimum atomic E-state index is -0.448. The van der Waals surface area contributed by atoms with Crippen LogP contribution in [0.3, 0.4) is 0 Å². The molecule has 6 heteroatoms. The van der Waals surface area contributed by atoms with Crippen molar-refractivity contribution in [2.24, 2.45) is 0 Å². The van der Waals surface area contributed by atoms with Gasteiger partial charge in [-0.1, -0.05) is 6.07 Å². The van der Waals surface area contributed by atoms with Crippen molar-refractivity contribution in [3.8, 4) is 0 Å². The average Bonchev–Trinajstić information content (AvgIpc) is 3.09. The van der Waals surface area contributed by atoms with E-state index in [9.17, 15) is 4.79 Å². The lowest BCUT2D eigenvalue weighted by atomic mass is 10.2. The fraction of sp³-hybridized carbons (Fsp3) is 0.533. The first-order valence-electron chi connectivity index (χ1n) is 7.19. The normalized spacial score (nSPS) is 23.4. The van der Waals surface area contributed by atoms with Gasteiger partial charge in [-0.05, 0) is 30.9 Å². The Hall–Kier alpha value is -1.24. The van der Waals surface area contributed by atoms with E-state index in [1.54, 1.807) is 11.8 Å². The largest absolute Gasteiger partial charge is 0.347 e. The van der Waals surface area contributed by atoms with Crippen LogP contribution in [0.4, 0.5) is 10.5 Å². The van der Waals surface area contributed by atoms with E-state index >= 15 is 0 Å². The Balaban J connectivity index is 1.52. The van der Waals surface area contributed by atoms with E-state index in [4.69, 9.17) is 9.47 Å². The molecule has 1 aliphatic heterocycles. The fourth-order valence-electron chi connectivity index (χ4n) is 2.91. The van der Waals surface area contributed by atoms with Crippen molar-refractivity contribution in [1.29, 1.82) is 0 Å². The molecule has 1 saturated carbocycles. The maximum Gasteiger partial charge on any atom is 0.319 e. The Labute approximate surface area is 128 Å². The van der Waals surface area contributed by atoms with Crippen molar-refractivity contribution in [2.45, 2.75) is 36.0 Å². The Kier molecular flexibility index (Phi) is 4.37. The molecule has 1 saturated heterocycles. The summed E-state index contributed by atoms with van der Waals surface area (Å²) in [4.78, 5) is 13.2. The van der Waals surface area contributed by atoms with E-state index in [2.05, 4.69) is 10.6 Å². The smallest absolute Gasteiger partial charge is 0.319 e. The second kappa shape index (κ2) is 6.25. The van der Waals surface area contributed by atoms with Crippen LogP contribution in [0.1, 0.15) is 19.3 Å². The monoisotopic (exact) mass is 308 g/mol. The van der Waals surface area contributed by atoms with Gasteiger partial charge in [-0.3, -0.25) is 0 Å².